The smallest absolute Gasteiger partial charge is 0.188 e. The average molecular weight is 369 g/mol. The highest BCUT2D eigenvalue weighted by Gasteiger charge is 2.25. The Morgan fingerprint density at radius 2 is 2.15 bits per heavy atom. The minimum absolute atomic E-state index is 0.366. The van der Waals surface area contributed by atoms with Crippen molar-refractivity contribution in [2.24, 2.45) is 0 Å². The van der Waals surface area contributed by atoms with E-state index in [1.54, 1.807) is 29.9 Å². The number of anilines is 2. The molecule has 0 spiro atoms. The van der Waals surface area contributed by atoms with E-state index in [2.05, 4.69) is 42.3 Å². The molecule has 1 aliphatic heterocycles. The van der Waals surface area contributed by atoms with Crippen LogP contribution in [0.2, 0.25) is 0 Å². The molecule has 4 heterocycles. The first-order valence-corrected chi connectivity index (χ1v) is 9.73. The molecule has 0 aromatic carbocycles. The number of piperidine rings is 1. The maximum atomic E-state index is 4.66. The molecule has 0 unspecified atom stereocenters. The lowest BCUT2D eigenvalue weighted by molar-refractivity contribution is 0.196. The number of nitrogens with zero attached hydrogens (tertiary/aromatic N) is 5. The number of aryl methyl sites for hydroxylation is 2. The lowest BCUT2D eigenvalue weighted by Crippen LogP contribution is -2.34. The third kappa shape index (κ3) is 3.76. The second-order valence-electron chi connectivity index (χ2n) is 6.73. The molecule has 2 N–H and O–H groups in total. The second kappa shape index (κ2) is 7.51. The lowest BCUT2D eigenvalue weighted by atomic mass is 9.94. The summed E-state index contributed by atoms with van der Waals surface area (Å²) in [4.78, 5) is 17.5. The van der Waals surface area contributed by atoms with Crippen LogP contribution in [-0.4, -0.2) is 43.1 Å². The first kappa shape index (κ1) is 17.1. The zero-order valence-electron chi connectivity index (χ0n) is 15.1. The highest BCUT2D eigenvalue weighted by atomic mass is 32.1. The molecule has 1 saturated heterocycles. The number of hydrogen-bond donors (Lipinski definition) is 2. The normalized spacial score (nSPS) is 18.2. The topological polar surface area (TPSA) is 82.6 Å². The molecule has 26 heavy (non-hydrogen) atoms. The molecular formula is C18H23N7S. The van der Waals surface area contributed by atoms with Crippen molar-refractivity contribution in [1.29, 1.82) is 0 Å². The Bertz CT molecular complexity index is 839. The van der Waals surface area contributed by atoms with Crippen LogP contribution in [0.15, 0.2) is 24.7 Å². The number of thiazole rings is 1. The molecule has 4 rings (SSSR count). The maximum Gasteiger partial charge on any atom is 0.188 e. The first-order chi connectivity index (χ1) is 12.7. The summed E-state index contributed by atoms with van der Waals surface area (Å²) in [6.45, 7) is 7.09. The summed E-state index contributed by atoms with van der Waals surface area (Å²) < 4.78 is 0. The zero-order valence-corrected chi connectivity index (χ0v) is 15.9. The summed E-state index contributed by atoms with van der Waals surface area (Å²) in [6, 6.07) is 2.03. The molecule has 0 radical (unpaired) electrons. The zero-order chi connectivity index (χ0) is 17.9. The fraction of sp³-hybridized carbons (Fsp3) is 0.444. The Labute approximate surface area is 156 Å². The van der Waals surface area contributed by atoms with Crippen molar-refractivity contribution in [3.05, 3.63) is 46.6 Å². The summed E-state index contributed by atoms with van der Waals surface area (Å²) in [5.74, 6) is 1.19. The Hall–Kier alpha value is -2.32. The molecule has 3 aromatic heterocycles. The molecule has 1 fully saturated rings. The van der Waals surface area contributed by atoms with Gasteiger partial charge in [0, 0.05) is 48.2 Å². The maximum absolute atomic E-state index is 4.66. The van der Waals surface area contributed by atoms with Gasteiger partial charge in [-0.15, -0.1) is 11.3 Å². The standard InChI is InChI=1S/C18H23N7S/c1-12-13(2)26-18(22-12)23-17-16(19-7-8-20-17)14-4-3-9-25(10-14)11-15-5-6-21-24-15/h5-8,14H,3-4,9-11H2,1-2H3,(H,21,24)(H,20,22,23)/t14-/m1/s1. The van der Waals surface area contributed by atoms with Gasteiger partial charge in [0.1, 0.15) is 0 Å². The van der Waals surface area contributed by atoms with Crippen LogP contribution in [0.1, 0.15) is 40.7 Å². The molecule has 0 aliphatic carbocycles. The largest absolute Gasteiger partial charge is 0.315 e. The van der Waals surface area contributed by atoms with Gasteiger partial charge in [-0.2, -0.15) is 5.10 Å². The monoisotopic (exact) mass is 369 g/mol. The molecular weight excluding hydrogens is 346 g/mol. The summed E-state index contributed by atoms with van der Waals surface area (Å²) in [6.07, 6.45) is 7.61. The summed E-state index contributed by atoms with van der Waals surface area (Å²) in [5.41, 5.74) is 3.25. The number of nitrogens with one attached hydrogen (secondary N) is 2. The van der Waals surface area contributed by atoms with Gasteiger partial charge in [0.25, 0.3) is 0 Å². The van der Waals surface area contributed by atoms with Gasteiger partial charge in [0.15, 0.2) is 10.9 Å². The number of hydrogen-bond acceptors (Lipinski definition) is 7. The molecule has 7 nitrogen and oxygen atoms in total. The molecule has 1 aliphatic rings. The van der Waals surface area contributed by atoms with Gasteiger partial charge in [-0.1, -0.05) is 0 Å². The number of aromatic nitrogens is 5. The number of likely N-dealkylation sites (tertiary alicyclic amines) is 1. The molecule has 0 bridgehead atoms. The van der Waals surface area contributed by atoms with E-state index in [4.69, 9.17) is 0 Å². The van der Waals surface area contributed by atoms with Crippen molar-refractivity contribution in [2.75, 3.05) is 18.4 Å². The van der Waals surface area contributed by atoms with Gasteiger partial charge in [-0.05, 0) is 39.3 Å². The molecule has 136 valence electrons. The van der Waals surface area contributed by atoms with Gasteiger partial charge in [-0.25, -0.2) is 9.97 Å². The van der Waals surface area contributed by atoms with Gasteiger partial charge >= 0.3 is 0 Å². The van der Waals surface area contributed by atoms with Crippen molar-refractivity contribution in [2.45, 2.75) is 39.2 Å². The van der Waals surface area contributed by atoms with Crippen LogP contribution >= 0.6 is 11.3 Å². The SMILES string of the molecule is Cc1nc(Nc2nccnc2[C@@H]2CCCN(Cc3ccn[nH]3)C2)sc1C. The molecule has 0 saturated carbocycles. The molecule has 8 heteroatoms. The van der Waals surface area contributed by atoms with E-state index in [9.17, 15) is 0 Å². The van der Waals surface area contributed by atoms with Gasteiger partial charge < -0.3 is 5.32 Å². The summed E-state index contributed by atoms with van der Waals surface area (Å²) >= 11 is 1.66. The average Bonchev–Trinajstić information content (AvgIpc) is 3.26. The van der Waals surface area contributed by atoms with Crippen LogP contribution in [0.25, 0.3) is 0 Å². The Morgan fingerprint density at radius 3 is 2.92 bits per heavy atom. The summed E-state index contributed by atoms with van der Waals surface area (Å²) in [5, 5.41) is 11.4. The van der Waals surface area contributed by atoms with Gasteiger partial charge in [-0.3, -0.25) is 15.0 Å². The van der Waals surface area contributed by atoms with Crippen LogP contribution < -0.4 is 5.32 Å². The molecule has 0 amide bonds. The van der Waals surface area contributed by atoms with Crippen LogP contribution in [0.4, 0.5) is 10.9 Å². The number of aromatic amines is 1. The van der Waals surface area contributed by atoms with Gasteiger partial charge in [0.2, 0.25) is 0 Å². The van der Waals surface area contributed by atoms with E-state index in [0.29, 0.717) is 5.92 Å². The number of H-pyrrole nitrogens is 1. The lowest BCUT2D eigenvalue weighted by Gasteiger charge is -2.32. The van der Waals surface area contributed by atoms with Crippen molar-refractivity contribution in [3.8, 4) is 0 Å². The third-order valence-electron chi connectivity index (χ3n) is 4.82. The van der Waals surface area contributed by atoms with E-state index < -0.39 is 0 Å². The highest BCUT2D eigenvalue weighted by Crippen LogP contribution is 2.32. The van der Waals surface area contributed by atoms with Crippen LogP contribution in [-0.2, 0) is 6.54 Å². The Morgan fingerprint density at radius 1 is 1.27 bits per heavy atom. The van der Waals surface area contributed by atoms with E-state index in [-0.39, 0.29) is 0 Å². The Kier molecular flexibility index (Phi) is 4.94. The van der Waals surface area contributed by atoms with Crippen molar-refractivity contribution >= 4 is 22.3 Å². The quantitative estimate of drug-likeness (QED) is 0.717. The fourth-order valence-electron chi connectivity index (χ4n) is 3.41. The molecule has 3 aromatic rings. The first-order valence-electron chi connectivity index (χ1n) is 8.91. The van der Waals surface area contributed by atoms with E-state index in [0.717, 1.165) is 60.5 Å². The van der Waals surface area contributed by atoms with E-state index >= 15 is 0 Å². The predicted molar refractivity (Wildman–Crippen MR) is 103 cm³/mol. The highest BCUT2D eigenvalue weighted by molar-refractivity contribution is 7.15. The minimum atomic E-state index is 0.366. The third-order valence-corrected chi connectivity index (χ3v) is 5.81. The van der Waals surface area contributed by atoms with Crippen LogP contribution in [0, 0.1) is 13.8 Å². The Balaban J connectivity index is 1.51. The van der Waals surface area contributed by atoms with Crippen LogP contribution in [0.3, 0.4) is 0 Å². The predicted octanol–water partition coefficient (Wildman–Crippen LogP) is 3.40. The second-order valence-corrected chi connectivity index (χ2v) is 7.94. The number of rotatable bonds is 5. The van der Waals surface area contributed by atoms with Crippen molar-refractivity contribution < 1.29 is 0 Å². The van der Waals surface area contributed by atoms with Gasteiger partial charge in [0.05, 0.1) is 11.4 Å². The van der Waals surface area contributed by atoms with Crippen LogP contribution in [0.5, 0.6) is 0 Å². The minimum Gasteiger partial charge on any atom is -0.315 e. The van der Waals surface area contributed by atoms with Crippen molar-refractivity contribution in [3.63, 3.8) is 0 Å². The van der Waals surface area contributed by atoms with E-state index in [1.165, 1.54) is 4.88 Å². The summed E-state index contributed by atoms with van der Waals surface area (Å²) in [7, 11) is 0. The van der Waals surface area contributed by atoms with E-state index in [1.807, 2.05) is 13.0 Å². The fourth-order valence-corrected chi connectivity index (χ4v) is 4.22. The van der Waals surface area contributed by atoms with Crippen molar-refractivity contribution in [1.82, 2.24) is 30.0 Å². The molecule has 1 atom stereocenters.